The van der Waals surface area contributed by atoms with Crippen LogP contribution in [0, 0.1) is 5.41 Å². The van der Waals surface area contributed by atoms with E-state index in [1.165, 1.54) is 10.9 Å². The van der Waals surface area contributed by atoms with Crippen LogP contribution in [0.3, 0.4) is 0 Å². The van der Waals surface area contributed by atoms with Crippen molar-refractivity contribution in [1.82, 2.24) is 15.2 Å². The summed E-state index contributed by atoms with van der Waals surface area (Å²) in [6.45, 7) is 2.89. The van der Waals surface area contributed by atoms with Gasteiger partial charge in [-0.3, -0.25) is 9.59 Å². The number of carbonyl (C=O) groups is 2. The molecule has 2 N–H and O–H groups in total. The van der Waals surface area contributed by atoms with Crippen molar-refractivity contribution in [1.29, 1.82) is 0 Å². The molecule has 0 spiro atoms. The smallest absolute Gasteiger partial charge is 0.226 e. The first-order valence-corrected chi connectivity index (χ1v) is 12.4. The molecule has 6 heteroatoms. The second kappa shape index (κ2) is 10.0. The lowest BCUT2D eigenvalue weighted by molar-refractivity contribution is -0.143. The number of morpholine rings is 1. The third kappa shape index (κ3) is 4.60. The van der Waals surface area contributed by atoms with Gasteiger partial charge in [-0.15, -0.1) is 0 Å². The lowest BCUT2D eigenvalue weighted by Gasteiger charge is -2.33. The average molecular weight is 460 g/mol. The number of hydrogen-bond donors (Lipinski definition) is 2. The summed E-state index contributed by atoms with van der Waals surface area (Å²) in [6.07, 6.45) is 5.89. The molecule has 1 saturated heterocycles. The molecule has 2 fully saturated rings. The van der Waals surface area contributed by atoms with Gasteiger partial charge >= 0.3 is 0 Å². The van der Waals surface area contributed by atoms with Crippen molar-refractivity contribution in [2.24, 2.45) is 5.41 Å². The molecule has 2 aromatic carbocycles. The SMILES string of the molecule is O=C(CC1(C(=O)NC[C@H](c2ccccc2)c2c[nH]c3ccccc23)CCCC1)N1CCOCC1. The minimum Gasteiger partial charge on any atom is -0.378 e. The lowest BCUT2D eigenvalue weighted by Crippen LogP contribution is -2.47. The van der Waals surface area contributed by atoms with Gasteiger partial charge in [0.05, 0.1) is 18.6 Å². The summed E-state index contributed by atoms with van der Waals surface area (Å²) in [7, 11) is 0. The first-order chi connectivity index (χ1) is 16.7. The van der Waals surface area contributed by atoms with Crippen molar-refractivity contribution in [2.75, 3.05) is 32.8 Å². The Balaban J connectivity index is 1.35. The van der Waals surface area contributed by atoms with E-state index in [9.17, 15) is 9.59 Å². The molecular weight excluding hydrogens is 426 g/mol. The molecule has 6 nitrogen and oxygen atoms in total. The first-order valence-electron chi connectivity index (χ1n) is 12.4. The molecular formula is C28H33N3O3. The number of para-hydroxylation sites is 1. The highest BCUT2D eigenvalue weighted by atomic mass is 16.5. The maximum atomic E-state index is 13.6. The van der Waals surface area contributed by atoms with Crippen molar-refractivity contribution in [3.05, 3.63) is 71.9 Å². The Morgan fingerprint density at radius 1 is 1.00 bits per heavy atom. The number of aromatic amines is 1. The molecule has 0 bridgehead atoms. The Labute approximate surface area is 200 Å². The van der Waals surface area contributed by atoms with Crippen molar-refractivity contribution in [3.63, 3.8) is 0 Å². The summed E-state index contributed by atoms with van der Waals surface area (Å²) in [5, 5.41) is 4.45. The lowest BCUT2D eigenvalue weighted by atomic mass is 9.80. The van der Waals surface area contributed by atoms with Crippen molar-refractivity contribution in [3.8, 4) is 0 Å². The Morgan fingerprint density at radius 3 is 2.47 bits per heavy atom. The Bertz CT molecular complexity index is 1130. The highest BCUT2D eigenvalue weighted by Crippen LogP contribution is 2.42. The van der Waals surface area contributed by atoms with Crippen LogP contribution in [0.2, 0.25) is 0 Å². The number of carbonyl (C=O) groups excluding carboxylic acids is 2. The van der Waals surface area contributed by atoms with Crippen LogP contribution in [0.15, 0.2) is 60.8 Å². The summed E-state index contributed by atoms with van der Waals surface area (Å²) in [6, 6.07) is 18.6. The van der Waals surface area contributed by atoms with Crippen LogP contribution in [-0.2, 0) is 14.3 Å². The van der Waals surface area contributed by atoms with Crippen LogP contribution in [0.5, 0.6) is 0 Å². The summed E-state index contributed by atoms with van der Waals surface area (Å²) >= 11 is 0. The van der Waals surface area contributed by atoms with Gasteiger partial charge in [-0.05, 0) is 30.0 Å². The van der Waals surface area contributed by atoms with E-state index in [0.29, 0.717) is 39.3 Å². The zero-order chi connectivity index (χ0) is 23.4. The molecule has 3 aromatic rings. The molecule has 1 aromatic heterocycles. The Kier molecular flexibility index (Phi) is 6.68. The molecule has 2 aliphatic rings. The number of H-pyrrole nitrogens is 1. The van der Waals surface area contributed by atoms with Gasteiger partial charge in [0.2, 0.25) is 11.8 Å². The van der Waals surface area contributed by atoms with Gasteiger partial charge in [0.1, 0.15) is 0 Å². The summed E-state index contributed by atoms with van der Waals surface area (Å²) in [4.78, 5) is 31.9. The average Bonchev–Trinajstić information content (AvgIpc) is 3.54. The topological polar surface area (TPSA) is 74.4 Å². The van der Waals surface area contributed by atoms with Gasteiger partial charge in [-0.1, -0.05) is 61.4 Å². The number of fused-ring (bicyclic) bond motifs is 1. The van der Waals surface area contributed by atoms with E-state index in [1.807, 2.05) is 35.2 Å². The third-order valence-electron chi connectivity index (χ3n) is 7.56. The van der Waals surface area contributed by atoms with E-state index < -0.39 is 5.41 Å². The van der Waals surface area contributed by atoms with Crippen LogP contribution in [0.1, 0.15) is 49.1 Å². The van der Waals surface area contributed by atoms with Gasteiger partial charge in [-0.25, -0.2) is 0 Å². The second-order valence-electron chi connectivity index (χ2n) is 9.62. The molecule has 2 amide bonds. The molecule has 178 valence electrons. The fraction of sp³-hybridized carbons (Fsp3) is 0.429. The number of benzene rings is 2. The van der Waals surface area contributed by atoms with Gasteiger partial charge in [-0.2, -0.15) is 0 Å². The van der Waals surface area contributed by atoms with Crippen molar-refractivity contribution < 1.29 is 14.3 Å². The summed E-state index contributed by atoms with van der Waals surface area (Å²) in [5.41, 5.74) is 2.83. The van der Waals surface area contributed by atoms with E-state index in [4.69, 9.17) is 4.74 Å². The second-order valence-corrected chi connectivity index (χ2v) is 9.62. The molecule has 5 rings (SSSR count). The monoisotopic (exact) mass is 459 g/mol. The molecule has 2 heterocycles. The number of amides is 2. The standard InChI is InChI=1S/C28H33N3O3/c32-26(31-14-16-34-17-15-31)18-28(12-6-7-13-28)27(33)30-19-23(21-8-2-1-3-9-21)24-20-29-25-11-5-4-10-22(24)25/h1-5,8-11,20,23,29H,6-7,12-19H2,(H,30,33)/t23-/m1/s1. The molecule has 0 unspecified atom stereocenters. The molecule has 1 aliphatic heterocycles. The van der Waals surface area contributed by atoms with Gasteiger partial charge in [0, 0.05) is 49.1 Å². The van der Waals surface area contributed by atoms with Gasteiger partial charge in [0.15, 0.2) is 0 Å². The van der Waals surface area contributed by atoms with Crippen molar-refractivity contribution in [2.45, 2.75) is 38.0 Å². The van der Waals surface area contributed by atoms with Crippen LogP contribution in [0.25, 0.3) is 10.9 Å². The van der Waals surface area contributed by atoms with Crippen molar-refractivity contribution >= 4 is 22.7 Å². The van der Waals surface area contributed by atoms with Gasteiger partial charge < -0.3 is 19.9 Å². The first kappa shape index (κ1) is 22.7. The minimum atomic E-state index is -0.600. The highest BCUT2D eigenvalue weighted by Gasteiger charge is 2.43. The van der Waals surface area contributed by atoms with Gasteiger partial charge in [0.25, 0.3) is 0 Å². The molecule has 34 heavy (non-hydrogen) atoms. The number of ether oxygens (including phenoxy) is 1. The number of rotatable bonds is 7. The minimum absolute atomic E-state index is 0.0207. The van der Waals surface area contributed by atoms with Crippen LogP contribution in [0.4, 0.5) is 0 Å². The molecule has 0 radical (unpaired) electrons. The van der Waals surface area contributed by atoms with E-state index >= 15 is 0 Å². The molecule has 1 atom stereocenters. The highest BCUT2D eigenvalue weighted by molar-refractivity contribution is 5.89. The summed E-state index contributed by atoms with van der Waals surface area (Å²) < 4.78 is 5.39. The predicted octanol–water partition coefficient (Wildman–Crippen LogP) is 4.23. The Hall–Kier alpha value is -3.12. The number of nitrogens with one attached hydrogen (secondary N) is 2. The molecule has 1 aliphatic carbocycles. The van der Waals surface area contributed by atoms with Crippen LogP contribution >= 0.6 is 0 Å². The van der Waals surface area contributed by atoms with Crippen LogP contribution in [-0.4, -0.2) is 54.5 Å². The maximum Gasteiger partial charge on any atom is 0.226 e. The maximum absolute atomic E-state index is 13.6. The van der Waals surface area contributed by atoms with Crippen LogP contribution < -0.4 is 5.32 Å². The van der Waals surface area contributed by atoms with E-state index in [0.717, 1.165) is 36.8 Å². The number of hydrogen-bond acceptors (Lipinski definition) is 3. The fourth-order valence-corrected chi connectivity index (χ4v) is 5.61. The largest absolute Gasteiger partial charge is 0.378 e. The zero-order valence-corrected chi connectivity index (χ0v) is 19.6. The number of nitrogens with zero attached hydrogens (tertiary/aromatic N) is 1. The Morgan fingerprint density at radius 2 is 1.71 bits per heavy atom. The van der Waals surface area contributed by atoms with E-state index in [2.05, 4.69) is 40.8 Å². The zero-order valence-electron chi connectivity index (χ0n) is 19.6. The third-order valence-corrected chi connectivity index (χ3v) is 7.56. The summed E-state index contributed by atoms with van der Waals surface area (Å²) in [5.74, 6) is 0.124. The quantitative estimate of drug-likeness (QED) is 0.555. The molecule has 1 saturated carbocycles. The van der Waals surface area contributed by atoms with E-state index in [-0.39, 0.29) is 17.7 Å². The predicted molar refractivity (Wildman–Crippen MR) is 133 cm³/mol. The normalized spacial score (nSPS) is 18.6. The van der Waals surface area contributed by atoms with E-state index in [1.54, 1.807) is 0 Å². The fourth-order valence-electron chi connectivity index (χ4n) is 5.61. The number of aromatic nitrogens is 1.